The fourth-order valence-electron chi connectivity index (χ4n) is 2.29. The Balaban J connectivity index is 1.85. The lowest BCUT2D eigenvalue weighted by Crippen LogP contribution is -2.08. The zero-order valence-corrected chi connectivity index (χ0v) is 12.0. The van der Waals surface area contributed by atoms with Crippen LogP contribution in [0.3, 0.4) is 0 Å². The van der Waals surface area contributed by atoms with Crippen molar-refractivity contribution in [3.8, 4) is 11.4 Å². The molecule has 2 heterocycles. The van der Waals surface area contributed by atoms with Crippen molar-refractivity contribution in [2.75, 3.05) is 5.32 Å². The summed E-state index contributed by atoms with van der Waals surface area (Å²) in [6, 6.07) is 12.1. The van der Waals surface area contributed by atoms with Gasteiger partial charge in [-0.3, -0.25) is 0 Å². The molecule has 0 spiro atoms. The van der Waals surface area contributed by atoms with Crippen LogP contribution in [0.5, 0.6) is 0 Å². The molecule has 1 unspecified atom stereocenters. The van der Waals surface area contributed by atoms with Gasteiger partial charge in [0.1, 0.15) is 5.76 Å². The average Bonchev–Trinajstić information content (AvgIpc) is 3.16. The van der Waals surface area contributed by atoms with Crippen molar-refractivity contribution in [2.24, 2.45) is 7.05 Å². The topological polar surface area (TPSA) is 68.8 Å². The smallest absolute Gasteiger partial charge is 0.181 e. The maximum Gasteiger partial charge on any atom is 0.181 e. The molecule has 0 aliphatic heterocycles. The standard InChI is InChI=1S/C15H17N5O/c1-3-13(14-8-5-9-21-14)16-12-7-4-6-11(10-12)15-17-18-19-20(15)2/h4-10,13,16H,3H2,1-2H3. The molecule has 3 aromatic rings. The second-order valence-corrected chi connectivity index (χ2v) is 4.83. The summed E-state index contributed by atoms with van der Waals surface area (Å²) >= 11 is 0. The Kier molecular flexibility index (Phi) is 3.68. The Morgan fingerprint density at radius 2 is 2.19 bits per heavy atom. The van der Waals surface area contributed by atoms with Gasteiger partial charge in [-0.05, 0) is 41.1 Å². The molecule has 3 rings (SSSR count). The van der Waals surface area contributed by atoms with E-state index < -0.39 is 0 Å². The van der Waals surface area contributed by atoms with E-state index in [0.29, 0.717) is 0 Å². The minimum absolute atomic E-state index is 0.146. The molecule has 0 aliphatic rings. The second kappa shape index (κ2) is 5.78. The first-order valence-electron chi connectivity index (χ1n) is 6.90. The maximum absolute atomic E-state index is 5.48. The molecule has 0 saturated carbocycles. The average molecular weight is 283 g/mol. The third kappa shape index (κ3) is 2.79. The van der Waals surface area contributed by atoms with E-state index in [0.717, 1.165) is 29.3 Å². The lowest BCUT2D eigenvalue weighted by molar-refractivity contribution is 0.474. The van der Waals surface area contributed by atoms with Crippen LogP contribution in [0.15, 0.2) is 47.1 Å². The van der Waals surface area contributed by atoms with Crippen LogP contribution in [0, 0.1) is 0 Å². The van der Waals surface area contributed by atoms with E-state index in [1.807, 2.05) is 43.4 Å². The van der Waals surface area contributed by atoms with Crippen LogP contribution in [0.25, 0.3) is 11.4 Å². The monoisotopic (exact) mass is 283 g/mol. The highest BCUT2D eigenvalue weighted by Crippen LogP contribution is 2.25. The molecular formula is C15H17N5O. The molecule has 1 aromatic carbocycles. The third-order valence-electron chi connectivity index (χ3n) is 3.38. The Bertz CT molecular complexity index is 704. The summed E-state index contributed by atoms with van der Waals surface area (Å²) in [7, 11) is 1.83. The van der Waals surface area contributed by atoms with Crippen LogP contribution in [-0.2, 0) is 7.05 Å². The first-order valence-corrected chi connectivity index (χ1v) is 6.90. The van der Waals surface area contributed by atoms with Gasteiger partial charge in [0.05, 0.1) is 12.3 Å². The number of nitrogens with one attached hydrogen (secondary N) is 1. The van der Waals surface area contributed by atoms with Gasteiger partial charge >= 0.3 is 0 Å². The number of nitrogens with zero attached hydrogens (tertiary/aromatic N) is 4. The highest BCUT2D eigenvalue weighted by Gasteiger charge is 2.13. The molecule has 6 nitrogen and oxygen atoms in total. The predicted molar refractivity (Wildman–Crippen MR) is 79.6 cm³/mol. The van der Waals surface area contributed by atoms with Crippen molar-refractivity contribution in [2.45, 2.75) is 19.4 Å². The second-order valence-electron chi connectivity index (χ2n) is 4.83. The van der Waals surface area contributed by atoms with Crippen LogP contribution in [0.2, 0.25) is 0 Å². The highest BCUT2D eigenvalue weighted by atomic mass is 16.3. The van der Waals surface area contributed by atoms with Gasteiger partial charge in [0.2, 0.25) is 0 Å². The molecule has 1 N–H and O–H groups in total. The van der Waals surface area contributed by atoms with E-state index in [2.05, 4.69) is 27.8 Å². The number of tetrazole rings is 1. The van der Waals surface area contributed by atoms with Crippen LogP contribution in [-0.4, -0.2) is 20.2 Å². The largest absolute Gasteiger partial charge is 0.467 e. The fourth-order valence-corrected chi connectivity index (χ4v) is 2.29. The summed E-state index contributed by atoms with van der Waals surface area (Å²) < 4.78 is 7.14. The number of hydrogen-bond acceptors (Lipinski definition) is 5. The molecular weight excluding hydrogens is 266 g/mol. The summed E-state index contributed by atoms with van der Waals surface area (Å²) in [5.41, 5.74) is 1.99. The van der Waals surface area contributed by atoms with Gasteiger partial charge in [0.15, 0.2) is 5.82 Å². The van der Waals surface area contributed by atoms with Gasteiger partial charge in [0.25, 0.3) is 0 Å². The fraction of sp³-hybridized carbons (Fsp3) is 0.267. The molecule has 0 radical (unpaired) electrons. The van der Waals surface area contributed by atoms with Crippen molar-refractivity contribution >= 4 is 5.69 Å². The van der Waals surface area contributed by atoms with E-state index in [-0.39, 0.29) is 6.04 Å². The van der Waals surface area contributed by atoms with Crippen molar-refractivity contribution in [1.29, 1.82) is 0 Å². The predicted octanol–water partition coefficient (Wildman–Crippen LogP) is 3.03. The molecule has 108 valence electrons. The van der Waals surface area contributed by atoms with Crippen LogP contribution in [0.4, 0.5) is 5.69 Å². The molecule has 0 saturated heterocycles. The van der Waals surface area contributed by atoms with Gasteiger partial charge in [-0.15, -0.1) is 5.10 Å². The minimum atomic E-state index is 0.146. The van der Waals surface area contributed by atoms with Crippen LogP contribution < -0.4 is 5.32 Å². The number of rotatable bonds is 5. The number of benzene rings is 1. The molecule has 2 aromatic heterocycles. The lowest BCUT2D eigenvalue weighted by Gasteiger charge is -2.16. The van der Waals surface area contributed by atoms with E-state index in [9.17, 15) is 0 Å². The first kappa shape index (κ1) is 13.4. The van der Waals surface area contributed by atoms with Crippen molar-refractivity contribution < 1.29 is 4.42 Å². The summed E-state index contributed by atoms with van der Waals surface area (Å²) in [6.45, 7) is 2.12. The summed E-state index contributed by atoms with van der Waals surface area (Å²) in [4.78, 5) is 0. The molecule has 21 heavy (non-hydrogen) atoms. The number of furan rings is 1. The van der Waals surface area contributed by atoms with Crippen LogP contribution >= 0.6 is 0 Å². The Hall–Kier alpha value is -2.63. The van der Waals surface area contributed by atoms with Crippen molar-refractivity contribution in [3.05, 3.63) is 48.4 Å². The molecule has 6 heteroatoms. The highest BCUT2D eigenvalue weighted by molar-refractivity contribution is 5.62. The van der Waals surface area contributed by atoms with Gasteiger partial charge in [0, 0.05) is 18.3 Å². The molecule has 0 fully saturated rings. The first-order chi connectivity index (χ1) is 10.3. The normalized spacial score (nSPS) is 12.3. The SMILES string of the molecule is CCC(Nc1cccc(-c2nnnn2C)c1)c1ccco1. The number of anilines is 1. The molecule has 0 aliphatic carbocycles. The number of aryl methyl sites for hydroxylation is 1. The van der Waals surface area contributed by atoms with E-state index >= 15 is 0 Å². The van der Waals surface area contributed by atoms with Gasteiger partial charge < -0.3 is 9.73 Å². The van der Waals surface area contributed by atoms with E-state index in [1.165, 1.54) is 0 Å². The van der Waals surface area contributed by atoms with Crippen molar-refractivity contribution in [3.63, 3.8) is 0 Å². The van der Waals surface area contributed by atoms with Gasteiger partial charge in [-0.2, -0.15) is 0 Å². The maximum atomic E-state index is 5.48. The Morgan fingerprint density at radius 3 is 2.86 bits per heavy atom. The number of hydrogen-bond donors (Lipinski definition) is 1. The number of aromatic nitrogens is 4. The lowest BCUT2D eigenvalue weighted by atomic mass is 10.1. The van der Waals surface area contributed by atoms with Gasteiger partial charge in [-0.25, -0.2) is 4.68 Å². The van der Waals surface area contributed by atoms with Crippen molar-refractivity contribution in [1.82, 2.24) is 20.2 Å². The quantitative estimate of drug-likeness (QED) is 0.779. The Morgan fingerprint density at radius 1 is 1.29 bits per heavy atom. The Labute approximate surface area is 122 Å². The summed E-state index contributed by atoms with van der Waals surface area (Å²) in [6.07, 6.45) is 2.63. The third-order valence-corrected chi connectivity index (χ3v) is 3.38. The zero-order chi connectivity index (χ0) is 14.7. The molecule has 1 atom stereocenters. The molecule has 0 amide bonds. The molecule has 0 bridgehead atoms. The minimum Gasteiger partial charge on any atom is -0.467 e. The zero-order valence-electron chi connectivity index (χ0n) is 12.0. The van der Waals surface area contributed by atoms with Gasteiger partial charge in [-0.1, -0.05) is 19.1 Å². The summed E-state index contributed by atoms with van der Waals surface area (Å²) in [5, 5.41) is 15.0. The van der Waals surface area contributed by atoms with Crippen LogP contribution in [0.1, 0.15) is 25.1 Å². The summed E-state index contributed by atoms with van der Waals surface area (Å²) in [5.74, 6) is 1.67. The van der Waals surface area contributed by atoms with E-state index in [4.69, 9.17) is 4.42 Å². The van der Waals surface area contributed by atoms with E-state index in [1.54, 1.807) is 10.9 Å².